The summed E-state index contributed by atoms with van der Waals surface area (Å²) >= 11 is 0. The van der Waals surface area contributed by atoms with Gasteiger partial charge in [-0.3, -0.25) is 0 Å². The third-order valence-corrected chi connectivity index (χ3v) is 2.98. The minimum Gasteiger partial charge on any atom is -0.495 e. The maximum absolute atomic E-state index is 8.92. The minimum absolute atomic E-state index is 0.487. The molecule has 3 nitrogen and oxygen atoms in total. The van der Waals surface area contributed by atoms with E-state index < -0.39 is 0 Å². The Labute approximate surface area is 125 Å². The second-order valence-corrected chi connectivity index (χ2v) is 4.47. The van der Waals surface area contributed by atoms with E-state index in [1.54, 1.807) is 13.2 Å². The Morgan fingerprint density at radius 1 is 1.14 bits per heavy atom. The van der Waals surface area contributed by atoms with E-state index in [9.17, 15) is 0 Å². The fourth-order valence-corrected chi connectivity index (χ4v) is 1.91. The van der Waals surface area contributed by atoms with Crippen LogP contribution in [0.4, 0.5) is 0 Å². The number of benzene rings is 2. The van der Waals surface area contributed by atoms with E-state index in [-0.39, 0.29) is 0 Å². The van der Waals surface area contributed by atoms with Crippen molar-refractivity contribution in [2.75, 3.05) is 13.7 Å². The summed E-state index contributed by atoms with van der Waals surface area (Å²) in [6.07, 6.45) is 4.01. The Balaban J connectivity index is 1.84. The molecule has 2 rings (SSSR count). The highest BCUT2D eigenvalue weighted by atomic mass is 16.5. The molecule has 0 saturated carbocycles. The molecule has 106 valence electrons. The van der Waals surface area contributed by atoms with Crippen molar-refractivity contribution in [1.29, 1.82) is 5.26 Å². The van der Waals surface area contributed by atoms with E-state index in [0.29, 0.717) is 24.5 Å². The molecular weight excluding hydrogens is 262 g/mol. The van der Waals surface area contributed by atoms with Crippen LogP contribution in [0.25, 0.3) is 6.08 Å². The van der Waals surface area contributed by atoms with Gasteiger partial charge in [-0.1, -0.05) is 48.6 Å². The standard InChI is InChI=1S/C18H17NO2/c1-20-18-12-16(9-10-17(18)13-19)14-21-11-5-8-15-6-3-2-4-7-15/h2-10,12H,11,14H2,1H3/b8-5+. The van der Waals surface area contributed by atoms with Crippen LogP contribution in [0.5, 0.6) is 5.75 Å². The summed E-state index contributed by atoms with van der Waals surface area (Å²) in [6.45, 7) is 1.03. The highest BCUT2D eigenvalue weighted by Crippen LogP contribution is 2.19. The van der Waals surface area contributed by atoms with Crippen LogP contribution < -0.4 is 4.74 Å². The van der Waals surface area contributed by atoms with Crippen LogP contribution >= 0.6 is 0 Å². The quantitative estimate of drug-likeness (QED) is 0.755. The average Bonchev–Trinajstić information content (AvgIpc) is 2.55. The zero-order valence-corrected chi connectivity index (χ0v) is 12.0. The molecule has 0 amide bonds. The van der Waals surface area contributed by atoms with Crippen molar-refractivity contribution in [2.45, 2.75) is 6.61 Å². The first-order chi connectivity index (χ1) is 10.3. The van der Waals surface area contributed by atoms with Gasteiger partial charge < -0.3 is 9.47 Å². The molecule has 0 aromatic heterocycles. The summed E-state index contributed by atoms with van der Waals surface area (Å²) in [7, 11) is 1.56. The van der Waals surface area contributed by atoms with Gasteiger partial charge in [-0.05, 0) is 23.3 Å². The van der Waals surface area contributed by atoms with Crippen LogP contribution in [0.15, 0.2) is 54.6 Å². The lowest BCUT2D eigenvalue weighted by Crippen LogP contribution is -1.95. The molecule has 0 unspecified atom stereocenters. The van der Waals surface area contributed by atoms with Gasteiger partial charge in [-0.15, -0.1) is 0 Å². The fraction of sp³-hybridized carbons (Fsp3) is 0.167. The van der Waals surface area contributed by atoms with E-state index in [2.05, 4.69) is 6.07 Å². The Hall–Kier alpha value is -2.57. The summed E-state index contributed by atoms with van der Waals surface area (Å²) in [4.78, 5) is 0. The fourth-order valence-electron chi connectivity index (χ4n) is 1.91. The zero-order chi connectivity index (χ0) is 14.9. The molecule has 2 aromatic carbocycles. The predicted molar refractivity (Wildman–Crippen MR) is 82.8 cm³/mol. The number of hydrogen-bond donors (Lipinski definition) is 0. The number of nitrogens with zero attached hydrogens (tertiary/aromatic N) is 1. The van der Waals surface area contributed by atoms with Crippen molar-refractivity contribution >= 4 is 6.08 Å². The lowest BCUT2D eigenvalue weighted by atomic mass is 10.1. The Morgan fingerprint density at radius 3 is 2.67 bits per heavy atom. The molecule has 0 aliphatic heterocycles. The topological polar surface area (TPSA) is 42.2 Å². The summed E-state index contributed by atoms with van der Waals surface area (Å²) in [5, 5.41) is 8.92. The van der Waals surface area contributed by atoms with Crippen molar-refractivity contribution in [1.82, 2.24) is 0 Å². The molecule has 0 heterocycles. The summed E-state index contributed by atoms with van der Waals surface area (Å²) in [5.41, 5.74) is 2.67. The zero-order valence-electron chi connectivity index (χ0n) is 12.0. The predicted octanol–water partition coefficient (Wildman–Crippen LogP) is 3.80. The largest absolute Gasteiger partial charge is 0.495 e. The van der Waals surface area contributed by atoms with Crippen LogP contribution in [0.1, 0.15) is 16.7 Å². The van der Waals surface area contributed by atoms with Gasteiger partial charge in [-0.25, -0.2) is 0 Å². The normalized spacial score (nSPS) is 10.5. The Morgan fingerprint density at radius 2 is 1.95 bits per heavy atom. The molecule has 0 aliphatic carbocycles. The van der Waals surface area contributed by atoms with Crippen LogP contribution in [0.3, 0.4) is 0 Å². The van der Waals surface area contributed by atoms with Gasteiger partial charge in [0.05, 0.1) is 25.9 Å². The van der Waals surface area contributed by atoms with Crippen LogP contribution in [-0.4, -0.2) is 13.7 Å². The molecule has 0 spiro atoms. The molecule has 0 fully saturated rings. The van der Waals surface area contributed by atoms with E-state index in [1.165, 1.54) is 0 Å². The number of methoxy groups -OCH3 is 1. The Kier molecular flexibility index (Phi) is 5.57. The number of rotatable bonds is 6. The smallest absolute Gasteiger partial charge is 0.136 e. The van der Waals surface area contributed by atoms with E-state index in [4.69, 9.17) is 14.7 Å². The van der Waals surface area contributed by atoms with Crippen LogP contribution in [0, 0.1) is 11.3 Å². The first-order valence-electron chi connectivity index (χ1n) is 6.70. The molecular formula is C18H17NO2. The van der Waals surface area contributed by atoms with Crippen molar-refractivity contribution in [2.24, 2.45) is 0 Å². The molecule has 0 radical (unpaired) electrons. The van der Waals surface area contributed by atoms with Crippen molar-refractivity contribution in [3.05, 3.63) is 71.3 Å². The van der Waals surface area contributed by atoms with Crippen LogP contribution in [0.2, 0.25) is 0 Å². The van der Waals surface area contributed by atoms with Gasteiger partial charge in [0, 0.05) is 0 Å². The second-order valence-electron chi connectivity index (χ2n) is 4.47. The molecule has 3 heteroatoms. The average molecular weight is 279 g/mol. The number of hydrogen-bond acceptors (Lipinski definition) is 3. The lowest BCUT2D eigenvalue weighted by Gasteiger charge is -2.06. The lowest BCUT2D eigenvalue weighted by molar-refractivity contribution is 0.149. The molecule has 0 atom stereocenters. The van der Waals surface area contributed by atoms with Gasteiger partial charge in [0.1, 0.15) is 11.8 Å². The van der Waals surface area contributed by atoms with Gasteiger partial charge in [0.15, 0.2) is 0 Å². The molecule has 0 aliphatic rings. The summed E-state index contributed by atoms with van der Waals surface area (Å²) < 4.78 is 10.8. The SMILES string of the molecule is COc1cc(COC/C=C/c2ccccc2)ccc1C#N. The molecule has 0 saturated heterocycles. The molecule has 0 N–H and O–H groups in total. The minimum atomic E-state index is 0.487. The van der Waals surface area contributed by atoms with E-state index in [1.807, 2.05) is 54.6 Å². The molecule has 2 aromatic rings. The summed E-state index contributed by atoms with van der Waals surface area (Å²) in [6, 6.07) is 17.6. The number of nitriles is 1. The first-order valence-corrected chi connectivity index (χ1v) is 6.70. The highest BCUT2D eigenvalue weighted by Gasteiger charge is 2.03. The Bertz CT molecular complexity index is 642. The van der Waals surface area contributed by atoms with Gasteiger partial charge in [-0.2, -0.15) is 5.26 Å². The number of ether oxygens (including phenoxy) is 2. The van der Waals surface area contributed by atoms with Crippen molar-refractivity contribution < 1.29 is 9.47 Å². The maximum Gasteiger partial charge on any atom is 0.136 e. The van der Waals surface area contributed by atoms with Crippen molar-refractivity contribution in [3.8, 4) is 11.8 Å². The van der Waals surface area contributed by atoms with Crippen molar-refractivity contribution in [3.63, 3.8) is 0 Å². The van der Waals surface area contributed by atoms with E-state index >= 15 is 0 Å². The third-order valence-electron chi connectivity index (χ3n) is 2.98. The van der Waals surface area contributed by atoms with Gasteiger partial charge >= 0.3 is 0 Å². The third kappa shape index (κ3) is 4.48. The highest BCUT2D eigenvalue weighted by molar-refractivity contribution is 5.48. The maximum atomic E-state index is 8.92. The van der Waals surface area contributed by atoms with Gasteiger partial charge in [0.2, 0.25) is 0 Å². The second kappa shape index (κ2) is 7.88. The summed E-state index contributed by atoms with van der Waals surface area (Å²) in [5.74, 6) is 0.582. The first kappa shape index (κ1) is 14.8. The molecule has 0 bridgehead atoms. The monoisotopic (exact) mass is 279 g/mol. The molecule has 21 heavy (non-hydrogen) atoms. The van der Waals surface area contributed by atoms with E-state index in [0.717, 1.165) is 11.1 Å². The van der Waals surface area contributed by atoms with Gasteiger partial charge in [0.25, 0.3) is 0 Å². The van der Waals surface area contributed by atoms with Crippen LogP contribution in [-0.2, 0) is 11.3 Å².